The Kier molecular flexibility index (Phi) is 3.22. The van der Waals surface area contributed by atoms with Crippen LogP contribution in [-0.4, -0.2) is 15.7 Å². The second-order valence-corrected chi connectivity index (χ2v) is 2.80. The minimum absolute atomic E-state index is 0.839. The number of hydrogen-bond donors (Lipinski definition) is 0. The Labute approximate surface area is 65.1 Å². The Morgan fingerprint density at radius 3 is 2.70 bits per heavy atom. The first kappa shape index (κ1) is 7.54. The number of aromatic nitrogens is 2. The molecule has 0 saturated carbocycles. The average molecular weight is 153 g/mol. The second kappa shape index (κ2) is 4.28. The summed E-state index contributed by atoms with van der Waals surface area (Å²) in [6.45, 7) is 3.72. The lowest BCUT2D eigenvalue weighted by molar-refractivity contribution is 0.965. The van der Waals surface area contributed by atoms with Crippen LogP contribution in [0.1, 0.15) is 6.42 Å². The van der Waals surface area contributed by atoms with Crippen LogP contribution in [0.15, 0.2) is 23.6 Å². The van der Waals surface area contributed by atoms with Crippen molar-refractivity contribution in [3.63, 3.8) is 0 Å². The molecule has 1 aromatic rings. The van der Waals surface area contributed by atoms with E-state index in [2.05, 4.69) is 16.9 Å². The molecule has 0 aromatic carbocycles. The summed E-state index contributed by atoms with van der Waals surface area (Å²) >= 11 is 1.64. The molecule has 3 heteroatoms. The SMILES string of the molecule is [CH2]CCSc1ncccn1. The largest absolute Gasteiger partial charge is 0.231 e. The minimum atomic E-state index is 0.839. The Morgan fingerprint density at radius 1 is 1.40 bits per heavy atom. The topological polar surface area (TPSA) is 25.8 Å². The minimum Gasteiger partial charge on any atom is -0.231 e. The standard InChI is InChI=1S/C7H9N2S/c1-2-6-10-7-8-4-3-5-9-7/h3-5H,1-2,6H2. The van der Waals surface area contributed by atoms with Gasteiger partial charge in [-0.1, -0.05) is 18.7 Å². The van der Waals surface area contributed by atoms with Crippen LogP contribution >= 0.6 is 11.8 Å². The Morgan fingerprint density at radius 2 is 2.10 bits per heavy atom. The summed E-state index contributed by atoms with van der Waals surface area (Å²) in [5.41, 5.74) is 0. The highest BCUT2D eigenvalue weighted by Crippen LogP contribution is 2.10. The van der Waals surface area contributed by atoms with Gasteiger partial charge in [-0.3, -0.25) is 0 Å². The molecule has 0 aliphatic rings. The molecule has 1 rings (SSSR count). The first-order chi connectivity index (χ1) is 4.93. The smallest absolute Gasteiger partial charge is 0.187 e. The van der Waals surface area contributed by atoms with Crippen molar-refractivity contribution in [2.75, 3.05) is 5.75 Å². The van der Waals surface area contributed by atoms with E-state index in [1.807, 2.05) is 6.07 Å². The van der Waals surface area contributed by atoms with Crippen molar-refractivity contribution < 1.29 is 0 Å². The maximum absolute atomic E-state index is 4.04. The summed E-state index contributed by atoms with van der Waals surface area (Å²) in [6, 6.07) is 1.81. The summed E-state index contributed by atoms with van der Waals surface area (Å²) < 4.78 is 0. The van der Waals surface area contributed by atoms with E-state index >= 15 is 0 Å². The molecule has 0 spiro atoms. The lowest BCUT2D eigenvalue weighted by atomic mass is 10.6. The molecule has 0 amide bonds. The highest BCUT2D eigenvalue weighted by atomic mass is 32.2. The first-order valence-electron chi connectivity index (χ1n) is 3.12. The molecule has 0 unspecified atom stereocenters. The molecule has 0 aliphatic carbocycles. The van der Waals surface area contributed by atoms with Crippen LogP contribution in [0.3, 0.4) is 0 Å². The van der Waals surface area contributed by atoms with Crippen molar-refractivity contribution in [3.05, 3.63) is 25.4 Å². The van der Waals surface area contributed by atoms with Gasteiger partial charge in [0.25, 0.3) is 0 Å². The van der Waals surface area contributed by atoms with Crippen molar-refractivity contribution in [3.8, 4) is 0 Å². The second-order valence-electron chi connectivity index (χ2n) is 1.73. The van der Waals surface area contributed by atoms with Crippen LogP contribution in [0.25, 0.3) is 0 Å². The number of nitrogens with zero attached hydrogens (tertiary/aromatic N) is 2. The predicted molar refractivity (Wildman–Crippen MR) is 42.7 cm³/mol. The summed E-state index contributed by atoms with van der Waals surface area (Å²) in [4.78, 5) is 8.08. The predicted octanol–water partition coefficient (Wildman–Crippen LogP) is 1.79. The Bertz CT molecular complexity index is 176. The van der Waals surface area contributed by atoms with Crippen LogP contribution < -0.4 is 0 Å². The molecular weight excluding hydrogens is 144 g/mol. The molecular formula is C7H9N2S. The third kappa shape index (κ3) is 2.35. The molecule has 10 heavy (non-hydrogen) atoms. The molecule has 0 saturated heterocycles. The van der Waals surface area contributed by atoms with Crippen molar-refractivity contribution in [1.82, 2.24) is 9.97 Å². The van der Waals surface area contributed by atoms with Gasteiger partial charge in [-0.2, -0.15) is 0 Å². The van der Waals surface area contributed by atoms with E-state index in [0.717, 1.165) is 17.3 Å². The summed E-state index contributed by atoms with van der Waals surface area (Å²) in [5, 5.41) is 0.839. The third-order valence-corrected chi connectivity index (χ3v) is 1.88. The monoisotopic (exact) mass is 153 g/mol. The van der Waals surface area contributed by atoms with E-state index in [0.29, 0.717) is 0 Å². The van der Waals surface area contributed by atoms with Crippen LogP contribution in [0, 0.1) is 6.92 Å². The van der Waals surface area contributed by atoms with Crippen molar-refractivity contribution in [2.45, 2.75) is 11.6 Å². The van der Waals surface area contributed by atoms with Crippen molar-refractivity contribution in [2.24, 2.45) is 0 Å². The lowest BCUT2D eigenvalue weighted by Crippen LogP contribution is -1.83. The number of rotatable bonds is 3. The van der Waals surface area contributed by atoms with Crippen LogP contribution in [0.4, 0.5) is 0 Å². The first-order valence-corrected chi connectivity index (χ1v) is 4.11. The zero-order valence-electron chi connectivity index (χ0n) is 5.66. The zero-order chi connectivity index (χ0) is 7.23. The van der Waals surface area contributed by atoms with Crippen LogP contribution in [0.2, 0.25) is 0 Å². The fraction of sp³-hybridized carbons (Fsp3) is 0.286. The van der Waals surface area contributed by atoms with Gasteiger partial charge in [-0.15, -0.1) is 0 Å². The Balaban J connectivity index is 2.43. The lowest BCUT2D eigenvalue weighted by Gasteiger charge is -1.93. The maximum Gasteiger partial charge on any atom is 0.187 e. The van der Waals surface area contributed by atoms with E-state index in [1.165, 1.54) is 0 Å². The molecule has 0 atom stereocenters. The molecule has 1 radical (unpaired) electrons. The van der Waals surface area contributed by atoms with E-state index in [4.69, 9.17) is 0 Å². The van der Waals surface area contributed by atoms with Gasteiger partial charge in [-0.05, 0) is 12.5 Å². The molecule has 53 valence electrons. The highest BCUT2D eigenvalue weighted by Gasteiger charge is 1.91. The molecule has 1 aromatic heterocycles. The van der Waals surface area contributed by atoms with E-state index in [1.54, 1.807) is 24.2 Å². The zero-order valence-corrected chi connectivity index (χ0v) is 6.47. The van der Waals surface area contributed by atoms with Gasteiger partial charge in [0.1, 0.15) is 0 Å². The van der Waals surface area contributed by atoms with Gasteiger partial charge in [0.2, 0.25) is 0 Å². The third-order valence-electron chi connectivity index (χ3n) is 0.918. The average Bonchev–Trinajstić information content (AvgIpc) is 2.03. The van der Waals surface area contributed by atoms with E-state index in [9.17, 15) is 0 Å². The van der Waals surface area contributed by atoms with Gasteiger partial charge < -0.3 is 0 Å². The van der Waals surface area contributed by atoms with Gasteiger partial charge in [0.15, 0.2) is 5.16 Å². The summed E-state index contributed by atoms with van der Waals surface area (Å²) in [6.07, 6.45) is 4.42. The van der Waals surface area contributed by atoms with Crippen molar-refractivity contribution in [1.29, 1.82) is 0 Å². The molecule has 0 fully saturated rings. The molecule has 2 nitrogen and oxygen atoms in total. The van der Waals surface area contributed by atoms with Crippen LogP contribution in [0.5, 0.6) is 0 Å². The van der Waals surface area contributed by atoms with E-state index < -0.39 is 0 Å². The fourth-order valence-corrected chi connectivity index (χ4v) is 1.12. The number of hydrogen-bond acceptors (Lipinski definition) is 3. The van der Waals surface area contributed by atoms with E-state index in [-0.39, 0.29) is 0 Å². The van der Waals surface area contributed by atoms with Gasteiger partial charge in [-0.25, -0.2) is 9.97 Å². The summed E-state index contributed by atoms with van der Waals surface area (Å²) in [5.74, 6) is 0.990. The van der Waals surface area contributed by atoms with Crippen molar-refractivity contribution >= 4 is 11.8 Å². The molecule has 0 N–H and O–H groups in total. The Hall–Kier alpha value is -0.570. The molecule has 0 bridgehead atoms. The van der Waals surface area contributed by atoms with Gasteiger partial charge >= 0.3 is 0 Å². The molecule has 0 aliphatic heterocycles. The van der Waals surface area contributed by atoms with Crippen LogP contribution in [-0.2, 0) is 0 Å². The van der Waals surface area contributed by atoms with Gasteiger partial charge in [0, 0.05) is 18.1 Å². The number of thioether (sulfide) groups is 1. The quantitative estimate of drug-likeness (QED) is 0.489. The highest BCUT2D eigenvalue weighted by molar-refractivity contribution is 7.99. The summed E-state index contributed by atoms with van der Waals surface area (Å²) in [7, 11) is 0. The fourth-order valence-electron chi connectivity index (χ4n) is 0.523. The molecule has 1 heterocycles. The maximum atomic E-state index is 4.04. The normalized spacial score (nSPS) is 9.70. The van der Waals surface area contributed by atoms with Gasteiger partial charge in [0.05, 0.1) is 0 Å².